The quantitative estimate of drug-likeness (QED) is 0.233. The van der Waals surface area contributed by atoms with Gasteiger partial charge in [0.05, 0.1) is 5.52 Å². The van der Waals surface area contributed by atoms with E-state index in [1.54, 1.807) is 29.0 Å². The zero-order valence-corrected chi connectivity index (χ0v) is 24.7. The Kier molecular flexibility index (Phi) is 6.60. The number of rotatable bonds is 7. The molecule has 2 N–H and O–H groups in total. The summed E-state index contributed by atoms with van der Waals surface area (Å²) in [4.78, 5) is 54.4. The second-order valence-electron chi connectivity index (χ2n) is 11.0. The highest BCUT2D eigenvalue weighted by Crippen LogP contribution is 2.59. The second-order valence-corrected chi connectivity index (χ2v) is 11.8. The summed E-state index contributed by atoms with van der Waals surface area (Å²) in [6.07, 6.45) is 4.85. The van der Waals surface area contributed by atoms with Crippen LogP contribution >= 0.6 is 15.9 Å². The molecule has 1 aromatic carbocycles. The number of hydrogen-bond donors (Lipinski definition) is 2. The lowest BCUT2D eigenvalue weighted by Gasteiger charge is -2.27. The Bertz CT molecular complexity index is 1720. The lowest BCUT2D eigenvalue weighted by molar-refractivity contribution is -0.138. The molecule has 41 heavy (non-hydrogen) atoms. The van der Waals surface area contributed by atoms with E-state index in [1.807, 2.05) is 37.3 Å². The van der Waals surface area contributed by atoms with Crippen molar-refractivity contribution in [2.24, 2.45) is 5.41 Å². The molecule has 210 valence electrons. The molecule has 0 bridgehead atoms. The number of anilines is 2. The van der Waals surface area contributed by atoms with Crippen LogP contribution in [0.1, 0.15) is 42.7 Å². The largest absolute Gasteiger partial charge is 0.357 e. The number of likely N-dealkylation sites (tertiary alicyclic amines) is 1. The number of nitrogens with one attached hydrogen (secondary N) is 2. The minimum atomic E-state index is -0.618. The summed E-state index contributed by atoms with van der Waals surface area (Å²) < 4.78 is 2.18. The Hall–Kier alpha value is -4.19. The van der Waals surface area contributed by atoms with Gasteiger partial charge in [-0.05, 0) is 70.4 Å². The average Bonchev–Trinajstić information content (AvgIpc) is 3.32. The Labute approximate surface area is 244 Å². The van der Waals surface area contributed by atoms with E-state index >= 15 is 0 Å². The molecule has 3 atom stereocenters. The number of pyridine rings is 1. The Morgan fingerprint density at radius 2 is 1.85 bits per heavy atom. The Morgan fingerprint density at radius 3 is 2.56 bits per heavy atom. The van der Waals surface area contributed by atoms with Crippen molar-refractivity contribution < 1.29 is 14.4 Å². The number of ketones is 1. The van der Waals surface area contributed by atoms with Crippen molar-refractivity contribution in [3.05, 3.63) is 58.6 Å². The van der Waals surface area contributed by atoms with Gasteiger partial charge >= 0.3 is 0 Å². The lowest BCUT2D eigenvalue weighted by atomic mass is 10.0. The van der Waals surface area contributed by atoms with Gasteiger partial charge in [0.15, 0.2) is 5.78 Å². The first-order valence-corrected chi connectivity index (χ1v) is 14.1. The van der Waals surface area contributed by atoms with Crippen molar-refractivity contribution in [3.63, 3.8) is 0 Å². The maximum atomic E-state index is 13.8. The fourth-order valence-electron chi connectivity index (χ4n) is 5.75. The molecule has 0 radical (unpaired) electrons. The number of carbonyl (C=O) groups is 3. The number of amides is 2. The van der Waals surface area contributed by atoms with Crippen LogP contribution in [0.25, 0.3) is 22.0 Å². The third-order valence-corrected chi connectivity index (χ3v) is 8.55. The van der Waals surface area contributed by atoms with Crippen LogP contribution in [-0.2, 0) is 16.1 Å². The molecule has 1 aliphatic heterocycles. The van der Waals surface area contributed by atoms with Gasteiger partial charge in [0.1, 0.15) is 28.7 Å². The first-order valence-electron chi connectivity index (χ1n) is 13.3. The van der Waals surface area contributed by atoms with Gasteiger partial charge in [0.2, 0.25) is 17.8 Å². The normalized spacial score (nSPS) is 21.0. The summed E-state index contributed by atoms with van der Waals surface area (Å²) in [5.41, 5.74) is 3.30. The molecule has 2 amide bonds. The highest BCUT2D eigenvalue weighted by atomic mass is 79.9. The molecule has 1 saturated carbocycles. The number of nitrogens with zero attached hydrogens (tertiary/aromatic N) is 6. The first-order chi connectivity index (χ1) is 19.6. The van der Waals surface area contributed by atoms with Gasteiger partial charge in [-0.25, -0.2) is 15.0 Å². The van der Waals surface area contributed by atoms with Crippen molar-refractivity contribution in [1.29, 1.82) is 0 Å². The van der Waals surface area contributed by atoms with E-state index in [0.29, 0.717) is 33.7 Å². The minimum absolute atomic E-state index is 0.0106. The number of aromatic nitrogens is 5. The lowest BCUT2D eigenvalue weighted by Crippen LogP contribution is -2.47. The maximum Gasteiger partial charge on any atom is 0.248 e. The zero-order chi connectivity index (χ0) is 29.1. The monoisotopic (exact) mass is 616 g/mol. The number of halogens is 1. The van der Waals surface area contributed by atoms with Crippen LogP contribution in [0.15, 0.2) is 47.3 Å². The molecule has 0 unspecified atom stereocenters. The van der Waals surface area contributed by atoms with Gasteiger partial charge in [-0.1, -0.05) is 19.1 Å². The number of piperidine rings is 1. The first kappa shape index (κ1) is 27.0. The molecule has 1 saturated heterocycles. The maximum absolute atomic E-state index is 13.8. The summed E-state index contributed by atoms with van der Waals surface area (Å²) in [6.45, 7) is 5.35. The van der Waals surface area contributed by atoms with Gasteiger partial charge in [-0.2, -0.15) is 5.10 Å². The van der Waals surface area contributed by atoms with Gasteiger partial charge in [-0.15, -0.1) is 0 Å². The summed E-state index contributed by atoms with van der Waals surface area (Å²) in [6, 6.07) is 8.66. The van der Waals surface area contributed by atoms with Gasteiger partial charge in [0, 0.05) is 43.4 Å². The van der Waals surface area contributed by atoms with E-state index < -0.39 is 6.04 Å². The Morgan fingerprint density at radius 1 is 1.10 bits per heavy atom. The number of carbonyl (C=O) groups excluding carboxylic acids is 3. The molecule has 0 spiro atoms. The van der Waals surface area contributed by atoms with E-state index in [1.165, 1.54) is 6.92 Å². The predicted molar refractivity (Wildman–Crippen MR) is 157 cm³/mol. The summed E-state index contributed by atoms with van der Waals surface area (Å²) in [5, 5.41) is 11.0. The van der Waals surface area contributed by atoms with Crippen LogP contribution in [0.4, 0.5) is 11.8 Å². The number of fused-ring (bicyclic) bond motifs is 2. The average molecular weight is 618 g/mol. The Balaban J connectivity index is 1.28. The van der Waals surface area contributed by atoms with Crippen molar-refractivity contribution in [2.45, 2.75) is 52.2 Å². The molecule has 11 nitrogen and oxygen atoms in total. The predicted octanol–water partition coefficient (Wildman–Crippen LogP) is 4.22. The number of hydrogen-bond acceptors (Lipinski definition) is 8. The highest BCUT2D eigenvalue weighted by Gasteiger charge is 2.64. The zero-order valence-electron chi connectivity index (χ0n) is 23.1. The van der Waals surface area contributed by atoms with Gasteiger partial charge in [-0.3, -0.25) is 19.1 Å². The van der Waals surface area contributed by atoms with Crippen LogP contribution in [0.5, 0.6) is 0 Å². The third kappa shape index (κ3) is 4.86. The van der Waals surface area contributed by atoms with Gasteiger partial charge in [0.25, 0.3) is 0 Å². The van der Waals surface area contributed by atoms with E-state index in [2.05, 4.69) is 53.5 Å². The molecular weight excluding hydrogens is 588 g/mol. The van der Waals surface area contributed by atoms with E-state index in [9.17, 15) is 14.4 Å². The van der Waals surface area contributed by atoms with E-state index in [0.717, 1.165) is 23.1 Å². The van der Waals surface area contributed by atoms with Crippen LogP contribution in [0.3, 0.4) is 0 Å². The minimum Gasteiger partial charge on any atom is -0.357 e. The molecule has 12 heteroatoms. The van der Waals surface area contributed by atoms with Crippen LogP contribution < -0.4 is 10.6 Å². The van der Waals surface area contributed by atoms with Crippen molar-refractivity contribution >= 4 is 56.2 Å². The van der Waals surface area contributed by atoms with Crippen LogP contribution in [0, 0.1) is 12.3 Å². The van der Waals surface area contributed by atoms with Crippen molar-refractivity contribution in [2.75, 3.05) is 17.7 Å². The van der Waals surface area contributed by atoms with Crippen molar-refractivity contribution in [3.8, 4) is 11.1 Å². The third-order valence-electron chi connectivity index (χ3n) is 8.11. The van der Waals surface area contributed by atoms with Crippen LogP contribution in [-0.4, -0.2) is 66.4 Å². The summed E-state index contributed by atoms with van der Waals surface area (Å²) in [5.74, 6) is 0.300. The van der Waals surface area contributed by atoms with Crippen molar-refractivity contribution in [1.82, 2.24) is 29.6 Å². The standard InChI is InChI=1S/C29H29BrN8O3/c1-15-5-8-23(30)34-26(15)35-27(41)21-10-29(3)11-22(29)38(21)24(40)14-37-20-7-6-17(9-19(20)25(36-37)16(2)39)18-12-32-28(31-4)33-13-18/h5-9,12-13,21-22H,10-11,14H2,1-4H3,(H,31,32,33)(H,34,35,41)/t21-,22+,29-/m0/s1. The van der Waals surface area contributed by atoms with Crippen LogP contribution in [0.2, 0.25) is 0 Å². The summed E-state index contributed by atoms with van der Waals surface area (Å²) in [7, 11) is 1.75. The molecule has 2 aliphatic rings. The highest BCUT2D eigenvalue weighted by molar-refractivity contribution is 9.10. The molecule has 2 fully saturated rings. The molecule has 1 aliphatic carbocycles. The molecule has 3 aromatic heterocycles. The SMILES string of the molecule is CNc1ncc(-c2ccc3c(c2)c(C(C)=O)nn3CC(=O)N2[C@H](C(=O)Nc3nc(Br)ccc3C)C[C@@]3(C)C[C@@H]23)cn1. The molecule has 6 rings (SSSR count). The fourth-order valence-corrected chi connectivity index (χ4v) is 6.06. The van der Waals surface area contributed by atoms with Gasteiger partial charge < -0.3 is 15.5 Å². The van der Waals surface area contributed by atoms with E-state index in [4.69, 9.17) is 0 Å². The topological polar surface area (TPSA) is 135 Å². The number of Topliss-reactive ketones (excluding diaryl/α,β-unsaturated/α-hetero) is 1. The second kappa shape index (κ2) is 10.0. The molecular formula is C29H29BrN8O3. The van der Waals surface area contributed by atoms with E-state index in [-0.39, 0.29) is 41.3 Å². The molecule has 4 aromatic rings. The molecule has 4 heterocycles. The summed E-state index contributed by atoms with van der Waals surface area (Å²) >= 11 is 3.35. The number of aryl methyl sites for hydroxylation is 1. The number of benzene rings is 1. The fraction of sp³-hybridized carbons (Fsp3) is 0.345. The smallest absolute Gasteiger partial charge is 0.248 e.